The fraction of sp³-hybridized carbons (Fsp3) is 0. The molecule has 138 valence electrons. The Morgan fingerprint density at radius 2 is 0.767 bits per heavy atom. The highest BCUT2D eigenvalue weighted by Crippen LogP contribution is 2.40. The maximum Gasteiger partial charge on any atom is -0.00204 e. The maximum atomic E-state index is 2.39. The summed E-state index contributed by atoms with van der Waals surface area (Å²) in [7, 11) is 0. The zero-order valence-electron chi connectivity index (χ0n) is 16.4. The van der Waals surface area contributed by atoms with Gasteiger partial charge >= 0.3 is 0 Å². The Morgan fingerprint density at radius 3 is 1.47 bits per heavy atom. The molecule has 7 aromatic carbocycles. The third-order valence-electron chi connectivity index (χ3n) is 6.55. The van der Waals surface area contributed by atoms with Crippen LogP contribution in [-0.4, -0.2) is 0 Å². The fourth-order valence-corrected chi connectivity index (χ4v) is 5.16. The average Bonchev–Trinajstić information content (AvgIpc) is 2.81. The lowest BCUT2D eigenvalue weighted by atomic mass is 9.89. The SMILES string of the molecule is c1ccc2cc3cc4c(cc3cc2c1)c1ccccc1c1c2ccccc2ccc41. The predicted octanol–water partition coefficient (Wildman–Crippen LogP) is 8.61. The van der Waals surface area contributed by atoms with Gasteiger partial charge in [-0.1, -0.05) is 84.9 Å². The summed E-state index contributed by atoms with van der Waals surface area (Å²) in [6.07, 6.45) is 0. The minimum Gasteiger partial charge on any atom is -0.0616 e. The largest absolute Gasteiger partial charge is 0.0616 e. The Bertz CT molecular complexity index is 1790. The van der Waals surface area contributed by atoms with Crippen molar-refractivity contribution in [2.45, 2.75) is 0 Å². The van der Waals surface area contributed by atoms with Crippen molar-refractivity contribution < 1.29 is 0 Å². The molecule has 0 spiro atoms. The summed E-state index contributed by atoms with van der Waals surface area (Å²) < 4.78 is 0. The molecule has 0 unspecified atom stereocenters. The molecule has 0 amide bonds. The van der Waals surface area contributed by atoms with E-state index in [9.17, 15) is 0 Å². The Kier molecular flexibility index (Phi) is 3.09. The molecule has 0 heterocycles. The van der Waals surface area contributed by atoms with Crippen LogP contribution in [0.1, 0.15) is 0 Å². The van der Waals surface area contributed by atoms with Crippen molar-refractivity contribution in [1.29, 1.82) is 0 Å². The molecule has 0 atom stereocenters. The van der Waals surface area contributed by atoms with Crippen LogP contribution < -0.4 is 0 Å². The molecule has 0 bridgehead atoms. The first kappa shape index (κ1) is 16.0. The molecule has 7 rings (SSSR count). The molecule has 0 aliphatic heterocycles. The maximum absolute atomic E-state index is 2.39. The lowest BCUT2D eigenvalue weighted by Gasteiger charge is -2.14. The second-order valence-corrected chi connectivity index (χ2v) is 8.20. The Balaban J connectivity index is 1.78. The quantitative estimate of drug-likeness (QED) is 0.183. The predicted molar refractivity (Wildman–Crippen MR) is 131 cm³/mol. The molecule has 0 radical (unpaired) electrons. The summed E-state index contributed by atoms with van der Waals surface area (Å²) >= 11 is 0. The monoisotopic (exact) mass is 378 g/mol. The highest BCUT2D eigenvalue weighted by Gasteiger charge is 2.12. The molecule has 7 aromatic rings. The molecule has 0 saturated carbocycles. The highest BCUT2D eigenvalue weighted by molar-refractivity contribution is 6.32. The summed E-state index contributed by atoms with van der Waals surface area (Å²) in [5.74, 6) is 0. The van der Waals surface area contributed by atoms with Crippen molar-refractivity contribution in [2.24, 2.45) is 0 Å². The first-order chi connectivity index (χ1) is 14.9. The van der Waals surface area contributed by atoms with Crippen molar-refractivity contribution in [2.75, 3.05) is 0 Å². The molecule has 0 fully saturated rings. The standard InChI is InChI=1S/C30H18/c1-2-9-21-16-23-18-29-27-14-13-19-7-3-4-10-24(19)30(27)26-12-6-5-11-25(26)28(29)17-22(23)15-20(21)8-1/h1-18H. The summed E-state index contributed by atoms with van der Waals surface area (Å²) in [5.41, 5.74) is 0. The molecule has 30 heavy (non-hydrogen) atoms. The van der Waals surface area contributed by atoms with Crippen molar-refractivity contribution in [3.05, 3.63) is 109 Å². The first-order valence-electron chi connectivity index (χ1n) is 10.5. The van der Waals surface area contributed by atoms with E-state index >= 15 is 0 Å². The van der Waals surface area contributed by atoms with Crippen molar-refractivity contribution in [3.8, 4) is 0 Å². The summed E-state index contributed by atoms with van der Waals surface area (Å²) in [5, 5.41) is 15.8. The molecule has 0 aromatic heterocycles. The summed E-state index contributed by atoms with van der Waals surface area (Å²) in [6.45, 7) is 0. The van der Waals surface area contributed by atoms with E-state index in [-0.39, 0.29) is 0 Å². The van der Waals surface area contributed by atoms with Gasteiger partial charge in [0.1, 0.15) is 0 Å². The van der Waals surface area contributed by atoms with Gasteiger partial charge < -0.3 is 0 Å². The first-order valence-corrected chi connectivity index (χ1v) is 10.5. The summed E-state index contributed by atoms with van der Waals surface area (Å²) in [6, 6.07) is 40.2. The van der Waals surface area contributed by atoms with Crippen LogP contribution in [0.5, 0.6) is 0 Å². The van der Waals surface area contributed by atoms with E-state index in [1.165, 1.54) is 64.6 Å². The molecule has 0 N–H and O–H groups in total. The van der Waals surface area contributed by atoms with Gasteiger partial charge in [-0.05, 0) is 88.9 Å². The van der Waals surface area contributed by atoms with E-state index < -0.39 is 0 Å². The zero-order valence-corrected chi connectivity index (χ0v) is 16.4. The van der Waals surface area contributed by atoms with Gasteiger partial charge in [0.25, 0.3) is 0 Å². The molecule has 0 aliphatic rings. The average molecular weight is 378 g/mol. The van der Waals surface area contributed by atoms with Crippen molar-refractivity contribution in [1.82, 2.24) is 0 Å². The third kappa shape index (κ3) is 2.11. The van der Waals surface area contributed by atoms with E-state index in [1.54, 1.807) is 0 Å². The van der Waals surface area contributed by atoms with Gasteiger partial charge in [-0.3, -0.25) is 0 Å². The Hall–Kier alpha value is -3.90. The second-order valence-electron chi connectivity index (χ2n) is 8.20. The lowest BCUT2D eigenvalue weighted by molar-refractivity contribution is 1.78. The van der Waals surface area contributed by atoms with E-state index in [4.69, 9.17) is 0 Å². The van der Waals surface area contributed by atoms with Crippen LogP contribution in [0, 0.1) is 0 Å². The van der Waals surface area contributed by atoms with E-state index in [0.717, 1.165) is 0 Å². The number of benzene rings is 7. The fourth-order valence-electron chi connectivity index (χ4n) is 5.16. The van der Waals surface area contributed by atoms with E-state index in [2.05, 4.69) is 109 Å². The normalized spacial score (nSPS) is 12.0. The van der Waals surface area contributed by atoms with E-state index in [0.29, 0.717) is 0 Å². The van der Waals surface area contributed by atoms with Gasteiger partial charge in [0, 0.05) is 0 Å². The van der Waals surface area contributed by atoms with Crippen LogP contribution in [-0.2, 0) is 0 Å². The van der Waals surface area contributed by atoms with Gasteiger partial charge in [-0.2, -0.15) is 0 Å². The Morgan fingerprint density at radius 1 is 0.267 bits per heavy atom. The summed E-state index contributed by atoms with van der Waals surface area (Å²) in [4.78, 5) is 0. The molecular formula is C30H18. The molecule has 0 heteroatoms. The Labute approximate surface area is 174 Å². The van der Waals surface area contributed by atoms with Crippen molar-refractivity contribution >= 4 is 64.6 Å². The number of rotatable bonds is 0. The van der Waals surface area contributed by atoms with Crippen LogP contribution in [0.3, 0.4) is 0 Å². The number of fused-ring (bicyclic) bond motifs is 10. The highest BCUT2D eigenvalue weighted by atomic mass is 14.2. The third-order valence-corrected chi connectivity index (χ3v) is 6.55. The van der Waals surface area contributed by atoms with Crippen LogP contribution in [0.2, 0.25) is 0 Å². The van der Waals surface area contributed by atoms with Gasteiger partial charge in [0.2, 0.25) is 0 Å². The van der Waals surface area contributed by atoms with Crippen LogP contribution >= 0.6 is 0 Å². The molecule has 0 nitrogen and oxygen atoms in total. The topological polar surface area (TPSA) is 0 Å². The zero-order chi connectivity index (χ0) is 19.7. The second kappa shape index (κ2) is 5.81. The molecule has 0 aliphatic carbocycles. The smallest absolute Gasteiger partial charge is 0.00204 e. The lowest BCUT2D eigenvalue weighted by Crippen LogP contribution is -1.86. The molecular weight excluding hydrogens is 360 g/mol. The van der Waals surface area contributed by atoms with Crippen LogP contribution in [0.4, 0.5) is 0 Å². The van der Waals surface area contributed by atoms with Crippen LogP contribution in [0.25, 0.3) is 64.6 Å². The minimum atomic E-state index is 1.29. The van der Waals surface area contributed by atoms with Gasteiger partial charge in [-0.25, -0.2) is 0 Å². The van der Waals surface area contributed by atoms with Gasteiger partial charge in [0.15, 0.2) is 0 Å². The number of hydrogen-bond donors (Lipinski definition) is 0. The minimum absolute atomic E-state index is 1.29. The van der Waals surface area contributed by atoms with Gasteiger partial charge in [-0.15, -0.1) is 0 Å². The van der Waals surface area contributed by atoms with Crippen molar-refractivity contribution in [3.63, 3.8) is 0 Å². The van der Waals surface area contributed by atoms with Crippen LogP contribution in [0.15, 0.2) is 109 Å². The number of hydrogen-bond acceptors (Lipinski definition) is 0. The molecule has 0 saturated heterocycles. The van der Waals surface area contributed by atoms with E-state index in [1.807, 2.05) is 0 Å². The van der Waals surface area contributed by atoms with Gasteiger partial charge in [0.05, 0.1) is 0 Å².